The molecule has 0 saturated heterocycles. The Bertz CT molecular complexity index is 1190. The summed E-state index contributed by atoms with van der Waals surface area (Å²) in [6.45, 7) is 5.96. The van der Waals surface area contributed by atoms with Gasteiger partial charge in [0.25, 0.3) is 0 Å². The van der Waals surface area contributed by atoms with E-state index in [2.05, 4.69) is 34.7 Å². The fourth-order valence-corrected chi connectivity index (χ4v) is 3.80. The van der Waals surface area contributed by atoms with E-state index in [0.717, 1.165) is 27.7 Å². The Morgan fingerprint density at radius 3 is 2.59 bits per heavy atom. The van der Waals surface area contributed by atoms with Crippen LogP contribution in [0.5, 0.6) is 0 Å². The molecular formula is C22H21N5OS. The normalized spacial score (nSPS) is 12.1. The van der Waals surface area contributed by atoms with E-state index in [1.807, 2.05) is 67.6 Å². The Hall–Kier alpha value is -3.19. The number of hydrogen-bond acceptors (Lipinski definition) is 5. The van der Waals surface area contributed by atoms with Crippen LogP contribution in [0.2, 0.25) is 0 Å². The summed E-state index contributed by atoms with van der Waals surface area (Å²) in [5, 5.41) is 17.4. The summed E-state index contributed by atoms with van der Waals surface area (Å²) < 4.78 is 1.66. The second kappa shape index (κ2) is 8.05. The maximum atomic E-state index is 12.7. The average molecular weight is 404 g/mol. The third-order valence-electron chi connectivity index (χ3n) is 4.84. The molecule has 0 saturated carbocycles. The lowest BCUT2D eigenvalue weighted by molar-refractivity contribution is -0.115. The lowest BCUT2D eigenvalue weighted by Gasteiger charge is -2.12. The van der Waals surface area contributed by atoms with Crippen LogP contribution < -0.4 is 5.32 Å². The number of aryl methyl sites for hydroxylation is 2. The number of carbonyl (C=O) groups excluding carboxylic acids is 1. The Labute approximate surface area is 173 Å². The highest BCUT2D eigenvalue weighted by atomic mass is 32.2. The van der Waals surface area contributed by atoms with Crippen molar-refractivity contribution >= 4 is 34.1 Å². The fourth-order valence-electron chi connectivity index (χ4n) is 2.99. The summed E-state index contributed by atoms with van der Waals surface area (Å²) in [4.78, 5) is 12.7. The van der Waals surface area contributed by atoms with Crippen molar-refractivity contribution in [1.29, 1.82) is 0 Å². The first kappa shape index (κ1) is 19.1. The number of benzene rings is 3. The van der Waals surface area contributed by atoms with Gasteiger partial charge in [0.1, 0.15) is 0 Å². The largest absolute Gasteiger partial charge is 0.325 e. The van der Waals surface area contributed by atoms with Crippen LogP contribution in [-0.4, -0.2) is 31.4 Å². The summed E-state index contributed by atoms with van der Waals surface area (Å²) in [6, 6.07) is 20.0. The van der Waals surface area contributed by atoms with E-state index in [0.29, 0.717) is 5.16 Å². The average Bonchev–Trinajstić information content (AvgIpc) is 3.18. The molecule has 0 aliphatic carbocycles. The molecule has 0 spiro atoms. The van der Waals surface area contributed by atoms with Gasteiger partial charge in [0.05, 0.1) is 10.9 Å². The number of thioether (sulfide) groups is 1. The number of tetrazole rings is 1. The number of fused-ring (bicyclic) bond motifs is 1. The Morgan fingerprint density at radius 1 is 1.00 bits per heavy atom. The van der Waals surface area contributed by atoms with E-state index in [9.17, 15) is 4.79 Å². The molecule has 1 aromatic heterocycles. The lowest BCUT2D eigenvalue weighted by atomic mass is 10.1. The number of nitrogens with zero attached hydrogens (tertiary/aromatic N) is 4. The fraction of sp³-hybridized carbons (Fsp3) is 0.182. The molecule has 1 heterocycles. The molecule has 0 bridgehead atoms. The maximum absolute atomic E-state index is 12.7. The van der Waals surface area contributed by atoms with Crippen LogP contribution in [0.25, 0.3) is 16.5 Å². The number of aromatic nitrogens is 4. The smallest absolute Gasteiger partial charge is 0.237 e. The van der Waals surface area contributed by atoms with Crippen LogP contribution in [0, 0.1) is 13.8 Å². The zero-order chi connectivity index (χ0) is 20.4. The number of hydrogen-bond donors (Lipinski definition) is 1. The van der Waals surface area contributed by atoms with Crippen molar-refractivity contribution in [1.82, 2.24) is 20.2 Å². The number of anilines is 1. The van der Waals surface area contributed by atoms with E-state index in [1.165, 1.54) is 17.3 Å². The minimum atomic E-state index is -0.363. The van der Waals surface area contributed by atoms with Gasteiger partial charge in [0, 0.05) is 5.69 Å². The molecule has 1 amide bonds. The molecule has 29 heavy (non-hydrogen) atoms. The zero-order valence-corrected chi connectivity index (χ0v) is 17.3. The highest BCUT2D eigenvalue weighted by Gasteiger charge is 2.19. The van der Waals surface area contributed by atoms with Crippen molar-refractivity contribution in [3.8, 4) is 5.69 Å². The predicted octanol–water partition coefficient (Wildman–Crippen LogP) is 4.55. The number of nitrogens with one attached hydrogen (secondary N) is 1. The Morgan fingerprint density at radius 2 is 1.79 bits per heavy atom. The van der Waals surface area contributed by atoms with E-state index in [4.69, 9.17) is 0 Å². The summed E-state index contributed by atoms with van der Waals surface area (Å²) in [7, 11) is 0. The summed E-state index contributed by atoms with van der Waals surface area (Å²) >= 11 is 1.33. The molecule has 1 atom stereocenters. The van der Waals surface area contributed by atoms with Gasteiger partial charge < -0.3 is 5.32 Å². The van der Waals surface area contributed by atoms with Gasteiger partial charge in [-0.05, 0) is 77.4 Å². The topological polar surface area (TPSA) is 72.7 Å². The van der Waals surface area contributed by atoms with Crippen LogP contribution in [-0.2, 0) is 4.79 Å². The first-order valence-corrected chi connectivity index (χ1v) is 10.2. The molecule has 4 rings (SSSR count). The van der Waals surface area contributed by atoms with Gasteiger partial charge in [-0.25, -0.2) is 0 Å². The third-order valence-corrected chi connectivity index (χ3v) is 5.88. The molecular weight excluding hydrogens is 382 g/mol. The molecule has 7 heteroatoms. The van der Waals surface area contributed by atoms with E-state index >= 15 is 0 Å². The molecule has 6 nitrogen and oxygen atoms in total. The molecule has 4 aromatic rings. The monoisotopic (exact) mass is 403 g/mol. The van der Waals surface area contributed by atoms with Crippen molar-refractivity contribution in [2.24, 2.45) is 0 Å². The highest BCUT2D eigenvalue weighted by molar-refractivity contribution is 8.00. The van der Waals surface area contributed by atoms with Crippen molar-refractivity contribution in [2.75, 3.05) is 5.32 Å². The van der Waals surface area contributed by atoms with E-state index in [-0.39, 0.29) is 11.2 Å². The summed E-state index contributed by atoms with van der Waals surface area (Å²) in [5.74, 6) is -0.0973. The zero-order valence-electron chi connectivity index (χ0n) is 16.5. The molecule has 0 radical (unpaired) electrons. The van der Waals surface area contributed by atoms with Gasteiger partial charge in [0.2, 0.25) is 11.1 Å². The van der Waals surface area contributed by atoms with Gasteiger partial charge in [-0.2, -0.15) is 4.68 Å². The molecule has 1 N–H and O–H groups in total. The van der Waals surface area contributed by atoms with Gasteiger partial charge in [0.15, 0.2) is 0 Å². The number of amides is 1. The van der Waals surface area contributed by atoms with E-state index in [1.54, 1.807) is 4.68 Å². The van der Waals surface area contributed by atoms with Crippen LogP contribution >= 0.6 is 11.8 Å². The van der Waals surface area contributed by atoms with Crippen LogP contribution in [0.1, 0.15) is 18.1 Å². The molecule has 0 fully saturated rings. The lowest BCUT2D eigenvalue weighted by Crippen LogP contribution is -2.22. The second-order valence-electron chi connectivity index (χ2n) is 6.95. The quantitative estimate of drug-likeness (QED) is 0.495. The molecule has 0 aliphatic heterocycles. The van der Waals surface area contributed by atoms with Crippen molar-refractivity contribution in [3.63, 3.8) is 0 Å². The first-order valence-electron chi connectivity index (χ1n) is 9.33. The van der Waals surface area contributed by atoms with E-state index < -0.39 is 0 Å². The molecule has 146 valence electrons. The number of carbonyl (C=O) groups is 1. The van der Waals surface area contributed by atoms with Gasteiger partial charge in [-0.1, -0.05) is 48.2 Å². The first-order chi connectivity index (χ1) is 14.0. The predicted molar refractivity (Wildman–Crippen MR) is 117 cm³/mol. The molecule has 1 unspecified atom stereocenters. The Balaban J connectivity index is 1.49. The van der Waals surface area contributed by atoms with Crippen LogP contribution in [0.4, 0.5) is 5.69 Å². The van der Waals surface area contributed by atoms with Gasteiger partial charge in [-0.3, -0.25) is 4.79 Å². The highest BCUT2D eigenvalue weighted by Crippen LogP contribution is 2.25. The molecule has 3 aromatic carbocycles. The van der Waals surface area contributed by atoms with Gasteiger partial charge >= 0.3 is 0 Å². The number of rotatable bonds is 5. The minimum absolute atomic E-state index is 0.0973. The molecule has 0 aliphatic rings. The van der Waals surface area contributed by atoms with Crippen molar-refractivity contribution < 1.29 is 4.79 Å². The maximum Gasteiger partial charge on any atom is 0.237 e. The summed E-state index contributed by atoms with van der Waals surface area (Å²) in [6.07, 6.45) is 0. The Kier molecular flexibility index (Phi) is 5.31. The SMILES string of the molecule is Cc1ccc(-n2nnnc2SC(C)C(=O)Nc2ccc3ccccc3c2)cc1C. The second-order valence-corrected chi connectivity index (χ2v) is 8.26. The standard InChI is InChI=1S/C22H21N5OS/c1-14-8-11-20(12-15(14)2)27-22(24-25-26-27)29-16(3)21(28)23-19-10-9-17-6-4-5-7-18(17)13-19/h4-13,16H,1-3H3,(H,23,28). The van der Waals surface area contributed by atoms with Crippen LogP contribution in [0.15, 0.2) is 65.8 Å². The van der Waals surface area contributed by atoms with Crippen molar-refractivity contribution in [3.05, 3.63) is 71.8 Å². The van der Waals surface area contributed by atoms with Crippen molar-refractivity contribution in [2.45, 2.75) is 31.2 Å². The summed E-state index contributed by atoms with van der Waals surface area (Å²) in [5.41, 5.74) is 4.02. The van der Waals surface area contributed by atoms with Crippen LogP contribution in [0.3, 0.4) is 0 Å². The third kappa shape index (κ3) is 4.14. The minimum Gasteiger partial charge on any atom is -0.325 e. The van der Waals surface area contributed by atoms with Gasteiger partial charge in [-0.15, -0.1) is 5.10 Å².